The van der Waals surface area contributed by atoms with Crippen molar-refractivity contribution < 1.29 is 9.53 Å². The van der Waals surface area contributed by atoms with Crippen LogP contribution in [0.15, 0.2) is 0 Å². The maximum absolute atomic E-state index is 12.2. The lowest BCUT2D eigenvalue weighted by Crippen LogP contribution is -2.44. The largest absolute Gasteiger partial charge is 0.383 e. The fourth-order valence-electron chi connectivity index (χ4n) is 2.29. The Labute approximate surface area is 113 Å². The molecule has 3 nitrogen and oxygen atoms in total. The summed E-state index contributed by atoms with van der Waals surface area (Å²) in [4.78, 5) is 14.4. The van der Waals surface area contributed by atoms with Crippen molar-refractivity contribution in [1.29, 1.82) is 0 Å². The summed E-state index contributed by atoms with van der Waals surface area (Å²) in [6.45, 7) is 8.75. The number of unbranched alkanes of at least 4 members (excludes halogenated alkanes) is 4. The summed E-state index contributed by atoms with van der Waals surface area (Å²) < 4.78 is 5.19. The van der Waals surface area contributed by atoms with Gasteiger partial charge in [-0.1, -0.05) is 46.5 Å². The molecule has 0 fully saturated rings. The SMILES string of the molecule is CCCCCCCC(=O)[C@@H](COC)N(CC)CC. The Balaban J connectivity index is 4.05. The van der Waals surface area contributed by atoms with Gasteiger partial charge >= 0.3 is 0 Å². The lowest BCUT2D eigenvalue weighted by molar-refractivity contribution is -0.126. The van der Waals surface area contributed by atoms with Gasteiger partial charge in [0.15, 0.2) is 5.78 Å². The summed E-state index contributed by atoms with van der Waals surface area (Å²) >= 11 is 0. The standard InChI is InChI=1S/C15H31NO2/c1-5-8-9-10-11-12-15(17)14(13-18-4)16(6-2)7-3/h14H,5-13H2,1-4H3/t14-/m1/s1. The average molecular weight is 257 g/mol. The number of carbonyl (C=O) groups is 1. The molecule has 0 bridgehead atoms. The highest BCUT2D eigenvalue weighted by atomic mass is 16.5. The van der Waals surface area contributed by atoms with E-state index in [1.54, 1.807) is 7.11 Å². The highest BCUT2D eigenvalue weighted by Gasteiger charge is 2.22. The molecule has 0 N–H and O–H groups in total. The van der Waals surface area contributed by atoms with Gasteiger partial charge in [0.1, 0.15) is 0 Å². The summed E-state index contributed by atoms with van der Waals surface area (Å²) in [5, 5.41) is 0. The summed E-state index contributed by atoms with van der Waals surface area (Å²) in [5.74, 6) is 0.344. The van der Waals surface area contributed by atoms with Gasteiger partial charge in [0.25, 0.3) is 0 Å². The Hall–Kier alpha value is -0.410. The van der Waals surface area contributed by atoms with Crippen molar-refractivity contribution in [2.45, 2.75) is 65.3 Å². The minimum atomic E-state index is -0.0452. The van der Waals surface area contributed by atoms with Gasteiger partial charge in [0.05, 0.1) is 12.6 Å². The average Bonchev–Trinajstić information content (AvgIpc) is 2.38. The number of ether oxygens (including phenoxy) is 1. The molecule has 0 unspecified atom stereocenters. The van der Waals surface area contributed by atoms with Crippen LogP contribution in [0.5, 0.6) is 0 Å². The van der Waals surface area contributed by atoms with Crippen LogP contribution in [0.3, 0.4) is 0 Å². The number of carbonyl (C=O) groups excluding carboxylic acids is 1. The summed E-state index contributed by atoms with van der Waals surface area (Å²) in [6.07, 6.45) is 6.70. The number of ketones is 1. The Bertz CT molecular complexity index is 203. The molecular weight excluding hydrogens is 226 g/mol. The van der Waals surface area contributed by atoms with E-state index in [1.165, 1.54) is 25.7 Å². The van der Waals surface area contributed by atoms with Crippen LogP contribution in [0, 0.1) is 0 Å². The van der Waals surface area contributed by atoms with Gasteiger partial charge in [0, 0.05) is 13.5 Å². The number of nitrogens with zero attached hydrogens (tertiary/aromatic N) is 1. The number of methoxy groups -OCH3 is 1. The van der Waals surface area contributed by atoms with Crippen LogP contribution < -0.4 is 0 Å². The number of Topliss-reactive ketones (excluding diaryl/α,β-unsaturated/α-hetero) is 1. The van der Waals surface area contributed by atoms with Gasteiger partial charge in [-0.25, -0.2) is 0 Å². The fraction of sp³-hybridized carbons (Fsp3) is 0.933. The van der Waals surface area contributed by atoms with Crippen LogP contribution in [-0.2, 0) is 9.53 Å². The second kappa shape index (κ2) is 11.7. The molecule has 0 aliphatic rings. The molecular formula is C15H31NO2. The van der Waals surface area contributed by atoms with Gasteiger partial charge < -0.3 is 4.74 Å². The fourth-order valence-corrected chi connectivity index (χ4v) is 2.29. The molecule has 0 aromatic rings. The monoisotopic (exact) mass is 257 g/mol. The molecule has 0 saturated carbocycles. The summed E-state index contributed by atoms with van der Waals surface area (Å²) in [5.41, 5.74) is 0. The summed E-state index contributed by atoms with van der Waals surface area (Å²) in [7, 11) is 1.67. The Morgan fingerprint density at radius 3 is 2.17 bits per heavy atom. The van der Waals surface area contributed by atoms with Gasteiger partial charge in [0.2, 0.25) is 0 Å². The van der Waals surface area contributed by atoms with E-state index in [4.69, 9.17) is 4.74 Å². The molecule has 18 heavy (non-hydrogen) atoms. The molecule has 108 valence electrons. The van der Waals surface area contributed by atoms with Gasteiger partial charge in [-0.05, 0) is 19.5 Å². The number of likely N-dealkylation sites (N-methyl/N-ethyl adjacent to an activating group) is 1. The molecule has 0 rings (SSSR count). The van der Waals surface area contributed by atoms with E-state index in [0.717, 1.165) is 19.5 Å². The van der Waals surface area contributed by atoms with Crippen molar-refractivity contribution in [2.75, 3.05) is 26.8 Å². The molecule has 1 atom stereocenters. The van der Waals surface area contributed by atoms with Crippen LogP contribution in [0.25, 0.3) is 0 Å². The van der Waals surface area contributed by atoms with Crippen LogP contribution in [0.4, 0.5) is 0 Å². The van der Waals surface area contributed by atoms with Gasteiger partial charge in [-0.3, -0.25) is 9.69 Å². The zero-order chi connectivity index (χ0) is 13.8. The molecule has 0 aromatic carbocycles. The van der Waals surface area contributed by atoms with Gasteiger partial charge in [-0.15, -0.1) is 0 Å². The molecule has 0 aromatic heterocycles. The quantitative estimate of drug-likeness (QED) is 0.503. The zero-order valence-electron chi connectivity index (χ0n) is 12.7. The molecule has 0 amide bonds. The normalized spacial score (nSPS) is 12.9. The maximum atomic E-state index is 12.2. The van der Waals surface area contributed by atoms with Crippen LogP contribution in [-0.4, -0.2) is 43.5 Å². The van der Waals surface area contributed by atoms with E-state index in [-0.39, 0.29) is 6.04 Å². The van der Waals surface area contributed by atoms with Crippen LogP contribution in [0.1, 0.15) is 59.3 Å². The summed E-state index contributed by atoms with van der Waals surface area (Å²) in [6, 6.07) is -0.0452. The lowest BCUT2D eigenvalue weighted by Gasteiger charge is -2.27. The Morgan fingerprint density at radius 2 is 1.67 bits per heavy atom. The van der Waals surface area contributed by atoms with Crippen molar-refractivity contribution in [3.05, 3.63) is 0 Å². The predicted molar refractivity (Wildman–Crippen MR) is 77.0 cm³/mol. The van der Waals surface area contributed by atoms with E-state index >= 15 is 0 Å². The molecule has 0 aliphatic heterocycles. The van der Waals surface area contributed by atoms with Crippen molar-refractivity contribution in [2.24, 2.45) is 0 Å². The molecule has 0 radical (unpaired) electrons. The molecule has 0 heterocycles. The predicted octanol–water partition coefficient (Wildman–Crippen LogP) is 3.27. The van der Waals surface area contributed by atoms with Gasteiger partial charge in [-0.2, -0.15) is 0 Å². The molecule has 3 heteroatoms. The zero-order valence-corrected chi connectivity index (χ0v) is 12.7. The Morgan fingerprint density at radius 1 is 1.06 bits per heavy atom. The second-order valence-electron chi connectivity index (χ2n) is 4.82. The molecule has 0 aliphatic carbocycles. The van der Waals surface area contributed by atoms with Crippen molar-refractivity contribution >= 4 is 5.78 Å². The van der Waals surface area contributed by atoms with E-state index in [1.807, 2.05) is 0 Å². The topological polar surface area (TPSA) is 29.5 Å². The first-order chi connectivity index (χ1) is 8.71. The third-order valence-corrected chi connectivity index (χ3v) is 3.48. The number of hydrogen-bond donors (Lipinski definition) is 0. The first-order valence-electron chi connectivity index (χ1n) is 7.46. The van der Waals surface area contributed by atoms with Crippen molar-refractivity contribution in [3.63, 3.8) is 0 Å². The second-order valence-corrected chi connectivity index (χ2v) is 4.82. The minimum absolute atomic E-state index is 0.0452. The number of rotatable bonds is 12. The first kappa shape index (κ1) is 17.6. The number of hydrogen-bond acceptors (Lipinski definition) is 3. The van der Waals surface area contributed by atoms with E-state index in [0.29, 0.717) is 18.8 Å². The highest BCUT2D eigenvalue weighted by molar-refractivity contribution is 5.84. The molecule has 0 saturated heterocycles. The van der Waals surface area contributed by atoms with Crippen LogP contribution in [0.2, 0.25) is 0 Å². The lowest BCUT2D eigenvalue weighted by atomic mass is 10.0. The van der Waals surface area contributed by atoms with E-state index in [2.05, 4.69) is 25.7 Å². The van der Waals surface area contributed by atoms with E-state index < -0.39 is 0 Å². The van der Waals surface area contributed by atoms with Crippen LogP contribution >= 0.6 is 0 Å². The van der Waals surface area contributed by atoms with Crippen molar-refractivity contribution in [3.8, 4) is 0 Å². The minimum Gasteiger partial charge on any atom is -0.383 e. The van der Waals surface area contributed by atoms with Crippen molar-refractivity contribution in [1.82, 2.24) is 4.90 Å². The first-order valence-corrected chi connectivity index (χ1v) is 7.46. The molecule has 0 spiro atoms. The maximum Gasteiger partial charge on any atom is 0.152 e. The third-order valence-electron chi connectivity index (χ3n) is 3.48. The third kappa shape index (κ3) is 7.12. The van der Waals surface area contributed by atoms with E-state index in [9.17, 15) is 4.79 Å². The highest BCUT2D eigenvalue weighted by Crippen LogP contribution is 2.10. The smallest absolute Gasteiger partial charge is 0.152 e. The Kier molecular flexibility index (Phi) is 11.4.